The summed E-state index contributed by atoms with van der Waals surface area (Å²) in [4.78, 5) is 25.0. The van der Waals surface area contributed by atoms with Crippen molar-refractivity contribution in [2.24, 2.45) is 5.92 Å². The molecule has 1 amide bonds. The molecule has 0 spiro atoms. The highest BCUT2D eigenvalue weighted by Gasteiger charge is 2.22. The van der Waals surface area contributed by atoms with E-state index >= 15 is 0 Å². The third-order valence-electron chi connectivity index (χ3n) is 3.19. The van der Waals surface area contributed by atoms with E-state index in [1.165, 1.54) is 18.1 Å². The number of carboxylic acids is 1. The molecule has 0 aliphatic heterocycles. The molecule has 1 heterocycles. The maximum atomic E-state index is 12.5. The maximum Gasteiger partial charge on any atom is 0.308 e. The normalized spacial score (nSPS) is 11.8. The van der Waals surface area contributed by atoms with Crippen molar-refractivity contribution in [3.63, 3.8) is 0 Å². The number of hydrogen-bond donors (Lipinski definition) is 1. The molecule has 0 aliphatic rings. The SMILES string of the molecule is CCOCCCN(CC(C)C(=O)O)C(=O)c1ccc(OC)nn1. The van der Waals surface area contributed by atoms with E-state index in [0.717, 1.165) is 0 Å². The molecule has 0 fully saturated rings. The van der Waals surface area contributed by atoms with Crippen LogP contribution in [-0.2, 0) is 9.53 Å². The van der Waals surface area contributed by atoms with Gasteiger partial charge in [-0.1, -0.05) is 6.92 Å². The highest BCUT2D eigenvalue weighted by Crippen LogP contribution is 2.09. The van der Waals surface area contributed by atoms with Crippen molar-refractivity contribution in [1.29, 1.82) is 0 Å². The largest absolute Gasteiger partial charge is 0.481 e. The van der Waals surface area contributed by atoms with Gasteiger partial charge in [-0.3, -0.25) is 9.59 Å². The average Bonchev–Trinajstić information content (AvgIpc) is 2.56. The molecule has 0 saturated carbocycles. The summed E-state index contributed by atoms with van der Waals surface area (Å²) in [6.07, 6.45) is 0.621. The van der Waals surface area contributed by atoms with Crippen molar-refractivity contribution in [3.8, 4) is 5.88 Å². The molecular formula is C15H23N3O5. The Bertz CT molecular complexity index is 506. The third kappa shape index (κ3) is 6.19. The van der Waals surface area contributed by atoms with Gasteiger partial charge in [0, 0.05) is 32.4 Å². The Balaban J connectivity index is 2.78. The number of nitrogens with zero attached hydrogens (tertiary/aromatic N) is 3. The molecule has 0 radical (unpaired) electrons. The molecule has 23 heavy (non-hydrogen) atoms. The number of aliphatic carboxylic acids is 1. The van der Waals surface area contributed by atoms with Gasteiger partial charge in [-0.05, 0) is 19.4 Å². The van der Waals surface area contributed by atoms with Crippen molar-refractivity contribution < 1.29 is 24.2 Å². The number of aromatic nitrogens is 2. The number of rotatable bonds is 10. The van der Waals surface area contributed by atoms with Gasteiger partial charge in [0.2, 0.25) is 5.88 Å². The van der Waals surface area contributed by atoms with Crippen LogP contribution in [0.3, 0.4) is 0 Å². The summed E-state index contributed by atoms with van der Waals surface area (Å²) in [6, 6.07) is 3.05. The van der Waals surface area contributed by atoms with E-state index in [9.17, 15) is 9.59 Å². The number of carbonyl (C=O) groups is 2. The van der Waals surface area contributed by atoms with Crippen molar-refractivity contribution in [2.75, 3.05) is 33.4 Å². The van der Waals surface area contributed by atoms with Crippen molar-refractivity contribution in [1.82, 2.24) is 15.1 Å². The molecule has 8 nitrogen and oxygen atoms in total. The van der Waals surface area contributed by atoms with Gasteiger partial charge >= 0.3 is 5.97 Å². The van der Waals surface area contributed by atoms with Crippen molar-refractivity contribution in [3.05, 3.63) is 17.8 Å². The van der Waals surface area contributed by atoms with E-state index < -0.39 is 11.9 Å². The highest BCUT2D eigenvalue weighted by atomic mass is 16.5. The Labute approximate surface area is 135 Å². The lowest BCUT2D eigenvalue weighted by molar-refractivity contribution is -0.141. The Morgan fingerprint density at radius 2 is 2.09 bits per heavy atom. The summed E-state index contributed by atoms with van der Waals surface area (Å²) in [5.41, 5.74) is 0.153. The van der Waals surface area contributed by atoms with E-state index in [2.05, 4.69) is 10.2 Å². The van der Waals surface area contributed by atoms with Gasteiger partial charge in [-0.25, -0.2) is 0 Å². The molecule has 1 atom stereocenters. The quantitative estimate of drug-likeness (QED) is 0.642. The van der Waals surface area contributed by atoms with Crippen LogP contribution in [0.5, 0.6) is 5.88 Å². The van der Waals surface area contributed by atoms with E-state index in [1.54, 1.807) is 13.0 Å². The number of amides is 1. The minimum Gasteiger partial charge on any atom is -0.481 e. The Hall–Kier alpha value is -2.22. The van der Waals surface area contributed by atoms with E-state index in [-0.39, 0.29) is 18.1 Å². The van der Waals surface area contributed by atoms with Crippen LogP contribution in [0.2, 0.25) is 0 Å². The van der Waals surface area contributed by atoms with E-state index in [1.807, 2.05) is 6.92 Å². The molecular weight excluding hydrogens is 302 g/mol. The monoisotopic (exact) mass is 325 g/mol. The van der Waals surface area contributed by atoms with Gasteiger partial charge in [-0.15, -0.1) is 10.2 Å². The van der Waals surface area contributed by atoms with Crippen LogP contribution in [0.4, 0.5) is 0 Å². The van der Waals surface area contributed by atoms with Gasteiger partial charge in [0.25, 0.3) is 5.91 Å². The molecule has 0 aromatic carbocycles. The zero-order valence-electron chi connectivity index (χ0n) is 13.7. The molecule has 0 bridgehead atoms. The first-order valence-corrected chi connectivity index (χ1v) is 7.47. The molecule has 128 valence electrons. The topological polar surface area (TPSA) is 102 Å². The third-order valence-corrected chi connectivity index (χ3v) is 3.19. The molecule has 0 aliphatic carbocycles. The van der Waals surface area contributed by atoms with Gasteiger partial charge in [0.05, 0.1) is 13.0 Å². The predicted molar refractivity (Wildman–Crippen MR) is 82.4 cm³/mol. The van der Waals surface area contributed by atoms with Crippen molar-refractivity contribution in [2.45, 2.75) is 20.3 Å². The summed E-state index contributed by atoms with van der Waals surface area (Å²) >= 11 is 0. The molecule has 1 aromatic rings. The second-order valence-electron chi connectivity index (χ2n) is 5.00. The second kappa shape index (κ2) is 9.73. The number of carboxylic acid groups (broad SMARTS) is 1. The lowest BCUT2D eigenvalue weighted by Crippen LogP contribution is -2.38. The summed E-state index contributed by atoms with van der Waals surface area (Å²) in [7, 11) is 1.46. The lowest BCUT2D eigenvalue weighted by Gasteiger charge is -2.24. The predicted octanol–water partition coefficient (Wildman–Crippen LogP) is 1.07. The number of hydrogen-bond acceptors (Lipinski definition) is 6. The molecule has 1 rings (SSSR count). The molecule has 0 saturated heterocycles. The maximum absolute atomic E-state index is 12.5. The Kier molecular flexibility index (Phi) is 7.96. The van der Waals surface area contributed by atoms with Crippen LogP contribution in [-0.4, -0.2) is 65.5 Å². The fourth-order valence-electron chi connectivity index (χ4n) is 1.89. The smallest absolute Gasteiger partial charge is 0.308 e. The Morgan fingerprint density at radius 1 is 1.35 bits per heavy atom. The van der Waals surface area contributed by atoms with Gasteiger partial charge in [0.1, 0.15) is 0 Å². The van der Waals surface area contributed by atoms with Crippen LogP contribution in [0.1, 0.15) is 30.8 Å². The average molecular weight is 325 g/mol. The second-order valence-corrected chi connectivity index (χ2v) is 5.00. The fourth-order valence-corrected chi connectivity index (χ4v) is 1.89. The van der Waals surface area contributed by atoms with Crippen LogP contribution in [0.25, 0.3) is 0 Å². The first-order chi connectivity index (χ1) is 11.0. The first-order valence-electron chi connectivity index (χ1n) is 7.47. The molecule has 1 unspecified atom stereocenters. The van der Waals surface area contributed by atoms with E-state index in [0.29, 0.717) is 32.1 Å². The van der Waals surface area contributed by atoms with Gasteiger partial charge < -0.3 is 19.5 Å². The molecule has 8 heteroatoms. The van der Waals surface area contributed by atoms with Gasteiger partial charge in [0.15, 0.2) is 5.69 Å². The minimum absolute atomic E-state index is 0.105. The van der Waals surface area contributed by atoms with Crippen molar-refractivity contribution >= 4 is 11.9 Å². The summed E-state index contributed by atoms with van der Waals surface area (Å²) in [6.45, 7) is 5.06. The first kappa shape index (κ1) is 18.8. The van der Waals surface area contributed by atoms with E-state index in [4.69, 9.17) is 14.6 Å². The summed E-state index contributed by atoms with van der Waals surface area (Å²) in [5, 5.41) is 16.6. The number of ether oxygens (including phenoxy) is 2. The number of carbonyl (C=O) groups excluding carboxylic acids is 1. The zero-order valence-corrected chi connectivity index (χ0v) is 13.7. The number of methoxy groups -OCH3 is 1. The summed E-state index contributed by atoms with van der Waals surface area (Å²) < 4.78 is 10.2. The van der Waals surface area contributed by atoms with Crippen LogP contribution in [0.15, 0.2) is 12.1 Å². The van der Waals surface area contributed by atoms with Gasteiger partial charge in [-0.2, -0.15) is 0 Å². The molecule has 1 aromatic heterocycles. The standard InChI is InChI=1S/C15H23N3O5/c1-4-23-9-5-8-18(10-11(2)15(20)21)14(19)12-6-7-13(22-3)17-16-12/h6-7,11H,4-5,8-10H2,1-3H3,(H,20,21). The minimum atomic E-state index is -0.951. The lowest BCUT2D eigenvalue weighted by atomic mass is 10.1. The molecule has 1 N–H and O–H groups in total. The Morgan fingerprint density at radius 3 is 2.61 bits per heavy atom. The van der Waals surface area contributed by atoms with Crippen LogP contribution in [0, 0.1) is 5.92 Å². The fraction of sp³-hybridized carbons (Fsp3) is 0.600. The zero-order chi connectivity index (χ0) is 17.2. The highest BCUT2D eigenvalue weighted by molar-refractivity contribution is 5.92. The van der Waals surface area contributed by atoms with Crippen LogP contribution >= 0.6 is 0 Å². The summed E-state index contributed by atoms with van der Waals surface area (Å²) in [5.74, 6) is -1.67. The van der Waals surface area contributed by atoms with Crippen LogP contribution < -0.4 is 4.74 Å².